The van der Waals surface area contributed by atoms with Crippen molar-refractivity contribution in [2.75, 3.05) is 11.6 Å². The SMILES string of the molecule is CC(C)NC(=O)C(C)NC(=O)N1CSCC1C(=O)O. The number of carboxylic acids is 1. The molecule has 3 amide bonds. The summed E-state index contributed by atoms with van der Waals surface area (Å²) in [6, 6.07) is -2.06. The molecule has 0 aromatic carbocycles. The highest BCUT2D eigenvalue weighted by molar-refractivity contribution is 7.99. The molecule has 1 aliphatic rings. The Morgan fingerprint density at radius 1 is 1.26 bits per heavy atom. The van der Waals surface area contributed by atoms with Crippen LogP contribution in [0.4, 0.5) is 4.79 Å². The molecule has 0 spiro atoms. The molecule has 0 radical (unpaired) electrons. The molecule has 0 aliphatic carbocycles. The Morgan fingerprint density at radius 2 is 1.89 bits per heavy atom. The molecular weight excluding hydrogens is 270 g/mol. The minimum Gasteiger partial charge on any atom is -0.480 e. The number of urea groups is 1. The van der Waals surface area contributed by atoms with Gasteiger partial charge in [-0.2, -0.15) is 0 Å². The molecule has 2 unspecified atom stereocenters. The van der Waals surface area contributed by atoms with Crippen LogP contribution in [0.15, 0.2) is 0 Å². The van der Waals surface area contributed by atoms with E-state index in [4.69, 9.17) is 5.11 Å². The van der Waals surface area contributed by atoms with Gasteiger partial charge in [0, 0.05) is 11.8 Å². The molecule has 0 aromatic heterocycles. The topological polar surface area (TPSA) is 98.7 Å². The predicted molar refractivity (Wildman–Crippen MR) is 71.9 cm³/mol. The van der Waals surface area contributed by atoms with Crippen molar-refractivity contribution in [3.8, 4) is 0 Å². The Morgan fingerprint density at radius 3 is 2.42 bits per heavy atom. The van der Waals surface area contributed by atoms with Gasteiger partial charge in [-0.15, -0.1) is 11.8 Å². The molecule has 8 heteroatoms. The number of thioether (sulfide) groups is 1. The van der Waals surface area contributed by atoms with Gasteiger partial charge in [-0.1, -0.05) is 0 Å². The summed E-state index contributed by atoms with van der Waals surface area (Å²) in [6.07, 6.45) is 0. The number of hydrogen-bond acceptors (Lipinski definition) is 4. The maximum Gasteiger partial charge on any atom is 0.327 e. The first-order valence-corrected chi connectivity index (χ1v) is 7.16. The molecule has 108 valence electrons. The fraction of sp³-hybridized carbons (Fsp3) is 0.727. The number of aliphatic carboxylic acids is 1. The van der Waals surface area contributed by atoms with Crippen molar-refractivity contribution in [1.82, 2.24) is 15.5 Å². The lowest BCUT2D eigenvalue weighted by molar-refractivity contribution is -0.140. The van der Waals surface area contributed by atoms with Crippen LogP contribution in [0.2, 0.25) is 0 Å². The van der Waals surface area contributed by atoms with E-state index in [1.165, 1.54) is 16.7 Å². The zero-order valence-corrected chi connectivity index (χ0v) is 12.0. The third kappa shape index (κ3) is 4.30. The van der Waals surface area contributed by atoms with Gasteiger partial charge in [-0.3, -0.25) is 4.79 Å². The summed E-state index contributed by atoms with van der Waals surface area (Å²) >= 11 is 1.38. The summed E-state index contributed by atoms with van der Waals surface area (Å²) in [6.45, 7) is 5.21. The number of rotatable bonds is 4. The summed E-state index contributed by atoms with van der Waals surface area (Å²) in [7, 11) is 0. The van der Waals surface area contributed by atoms with Crippen LogP contribution in [0, 0.1) is 0 Å². The summed E-state index contributed by atoms with van der Waals surface area (Å²) in [5, 5.41) is 14.2. The van der Waals surface area contributed by atoms with E-state index in [-0.39, 0.29) is 11.9 Å². The first-order valence-electron chi connectivity index (χ1n) is 6.01. The maximum atomic E-state index is 11.9. The highest BCUT2D eigenvalue weighted by Crippen LogP contribution is 2.20. The van der Waals surface area contributed by atoms with Crippen molar-refractivity contribution >= 4 is 29.7 Å². The maximum absolute atomic E-state index is 11.9. The quantitative estimate of drug-likeness (QED) is 0.680. The van der Waals surface area contributed by atoms with Gasteiger partial charge >= 0.3 is 12.0 Å². The standard InChI is InChI=1S/C11H19N3O4S/c1-6(2)12-9(15)7(3)13-11(18)14-5-19-4-8(14)10(16)17/h6-8H,4-5H2,1-3H3,(H,12,15)(H,13,18)(H,16,17). The molecular formula is C11H19N3O4S. The summed E-state index contributed by atoms with van der Waals surface area (Å²) in [5.74, 6) is -0.627. The number of nitrogens with zero attached hydrogens (tertiary/aromatic N) is 1. The average molecular weight is 289 g/mol. The second-order valence-corrected chi connectivity index (χ2v) is 5.66. The Hall–Kier alpha value is -1.44. The molecule has 1 saturated heterocycles. The van der Waals surface area contributed by atoms with Crippen molar-refractivity contribution in [2.45, 2.75) is 38.9 Å². The molecule has 0 saturated carbocycles. The average Bonchev–Trinajstić information content (AvgIpc) is 2.76. The Balaban J connectivity index is 2.54. The monoisotopic (exact) mass is 289 g/mol. The van der Waals surface area contributed by atoms with E-state index in [1.54, 1.807) is 6.92 Å². The van der Waals surface area contributed by atoms with Crippen molar-refractivity contribution in [3.63, 3.8) is 0 Å². The molecule has 1 heterocycles. The number of carboxylic acid groups (broad SMARTS) is 1. The smallest absolute Gasteiger partial charge is 0.327 e. The Bertz CT molecular complexity index is 375. The molecule has 1 fully saturated rings. The van der Waals surface area contributed by atoms with E-state index in [0.717, 1.165) is 0 Å². The molecule has 1 aliphatic heterocycles. The van der Waals surface area contributed by atoms with E-state index in [0.29, 0.717) is 11.6 Å². The predicted octanol–water partition coefficient (Wildman–Crippen LogP) is 0.0686. The van der Waals surface area contributed by atoms with Crippen molar-refractivity contribution < 1.29 is 19.5 Å². The van der Waals surface area contributed by atoms with Gasteiger partial charge in [0.05, 0.1) is 5.88 Å². The summed E-state index contributed by atoms with van der Waals surface area (Å²) < 4.78 is 0. The number of carbonyl (C=O) groups excluding carboxylic acids is 2. The van der Waals surface area contributed by atoms with Gasteiger partial charge in [0.2, 0.25) is 5.91 Å². The Kier molecular flexibility index (Phi) is 5.46. The van der Waals surface area contributed by atoms with Gasteiger partial charge in [-0.05, 0) is 20.8 Å². The van der Waals surface area contributed by atoms with E-state index in [9.17, 15) is 14.4 Å². The van der Waals surface area contributed by atoms with Crippen molar-refractivity contribution in [1.29, 1.82) is 0 Å². The van der Waals surface area contributed by atoms with E-state index < -0.39 is 24.1 Å². The summed E-state index contributed by atoms with van der Waals surface area (Å²) in [5.41, 5.74) is 0. The lowest BCUT2D eigenvalue weighted by Gasteiger charge is -2.23. The summed E-state index contributed by atoms with van der Waals surface area (Å²) in [4.78, 5) is 35.8. The van der Waals surface area contributed by atoms with E-state index in [2.05, 4.69) is 10.6 Å². The normalized spacial score (nSPS) is 20.2. The van der Waals surface area contributed by atoms with Crippen LogP contribution in [-0.4, -0.2) is 57.7 Å². The number of nitrogens with one attached hydrogen (secondary N) is 2. The van der Waals surface area contributed by atoms with Crippen LogP contribution in [-0.2, 0) is 9.59 Å². The second-order valence-electron chi connectivity index (χ2n) is 4.66. The zero-order valence-electron chi connectivity index (χ0n) is 11.2. The molecule has 19 heavy (non-hydrogen) atoms. The highest BCUT2D eigenvalue weighted by atomic mass is 32.2. The van der Waals surface area contributed by atoms with Crippen LogP contribution >= 0.6 is 11.8 Å². The van der Waals surface area contributed by atoms with Gasteiger partial charge in [0.15, 0.2) is 0 Å². The molecule has 2 atom stereocenters. The molecule has 7 nitrogen and oxygen atoms in total. The molecule has 1 rings (SSSR count). The lowest BCUT2D eigenvalue weighted by Crippen LogP contribution is -2.53. The van der Waals surface area contributed by atoms with Gasteiger partial charge < -0.3 is 20.6 Å². The highest BCUT2D eigenvalue weighted by Gasteiger charge is 2.35. The van der Waals surface area contributed by atoms with E-state index >= 15 is 0 Å². The van der Waals surface area contributed by atoms with Crippen molar-refractivity contribution in [3.05, 3.63) is 0 Å². The van der Waals surface area contributed by atoms with Crippen LogP contribution in [0.1, 0.15) is 20.8 Å². The van der Waals surface area contributed by atoms with Crippen molar-refractivity contribution in [2.24, 2.45) is 0 Å². The van der Waals surface area contributed by atoms with Gasteiger partial charge in [0.1, 0.15) is 12.1 Å². The largest absolute Gasteiger partial charge is 0.480 e. The van der Waals surface area contributed by atoms with E-state index in [1.807, 2.05) is 13.8 Å². The lowest BCUT2D eigenvalue weighted by atomic mass is 10.2. The molecule has 0 bridgehead atoms. The first kappa shape index (κ1) is 15.6. The molecule has 0 aromatic rings. The first-order chi connectivity index (χ1) is 8.82. The minimum absolute atomic E-state index is 0.0130. The Labute approximate surface area is 116 Å². The van der Waals surface area contributed by atoms with Crippen LogP contribution in [0.25, 0.3) is 0 Å². The fourth-order valence-corrected chi connectivity index (χ4v) is 2.74. The van der Waals surface area contributed by atoms with Crippen LogP contribution in [0.3, 0.4) is 0 Å². The van der Waals surface area contributed by atoms with Gasteiger partial charge in [-0.25, -0.2) is 9.59 Å². The molecule has 3 N–H and O–H groups in total. The fourth-order valence-electron chi connectivity index (χ4n) is 1.59. The number of amides is 3. The zero-order chi connectivity index (χ0) is 14.6. The van der Waals surface area contributed by atoms with Crippen LogP contribution in [0.5, 0.6) is 0 Å². The van der Waals surface area contributed by atoms with Gasteiger partial charge in [0.25, 0.3) is 0 Å². The number of carbonyl (C=O) groups is 3. The third-order valence-electron chi connectivity index (χ3n) is 2.59. The second kappa shape index (κ2) is 6.65. The van der Waals surface area contributed by atoms with Crippen LogP contribution < -0.4 is 10.6 Å². The minimum atomic E-state index is -1.03. The third-order valence-corrected chi connectivity index (χ3v) is 3.60. The number of hydrogen-bond donors (Lipinski definition) is 3.